The molecule has 124 heavy (non-hydrogen) atoms. The summed E-state index contributed by atoms with van der Waals surface area (Å²) in [6.07, 6.45) is 18.2. The van der Waals surface area contributed by atoms with Gasteiger partial charge in [-0.05, 0) is 267 Å². The van der Waals surface area contributed by atoms with E-state index in [1.165, 1.54) is 44.5 Å². The Balaban J connectivity index is 0.00000595. The van der Waals surface area contributed by atoms with E-state index in [9.17, 15) is 4.79 Å². The standard InChI is InChI=1S/C113H111N8O.2Zn/c1-63-49-65(3)98(66(4)50-63)106-94-45-41-84(118-94)100(70-27-25-69(62-122)26-28-70)85-42-46-95(119-85)107(99-67(5)51-64(2)52-68(99)6)97-48-44-87(121-97)102(86-43-47-96(106)120-86)72-31-29-71(30-32-72)101-82-33-35-88(114-82)103(73-53-76(108(7,8)9)59-77(54-73)109(10,11)12)90-37-39-92(116-90)105(75-57-80(112(19,20)21)61-81(58-75)113(22,23)24)93-40-38-91(117-93)104(89-36-34-83(101)115-89)74-55-78(110(13,14)15)60-79(56-74)111(16,17)18;;/h25-62H,1-24H3,(H-3,114,115,116,117,118,119,120,121,122);;/q-3;2*+2/p-1. The Morgan fingerprint density at radius 1 is 0.218 bits per heavy atom. The topological polar surface area (TPSA) is 125 Å². The summed E-state index contributed by atoms with van der Waals surface area (Å²) in [4.78, 5) is 58.8. The monoisotopic (exact) mass is 1720 g/mol. The molecule has 0 saturated carbocycles. The number of aryl methyl sites for hydroxylation is 6. The van der Waals surface area contributed by atoms with Gasteiger partial charge >= 0.3 is 39.0 Å². The second-order valence-electron chi connectivity index (χ2n) is 40.5. The van der Waals surface area contributed by atoms with Crippen LogP contribution in [0.25, 0.3) is 182 Å². The van der Waals surface area contributed by atoms with Gasteiger partial charge in [0, 0.05) is 5.56 Å². The second-order valence-corrected chi connectivity index (χ2v) is 40.5. The van der Waals surface area contributed by atoms with Gasteiger partial charge in [-0.15, -0.1) is 44.1 Å². The summed E-state index contributed by atoms with van der Waals surface area (Å²) in [5.74, 6) is 0. The minimum Gasteiger partial charge on any atom is -0.657 e. The van der Waals surface area contributed by atoms with Crippen LogP contribution in [0.4, 0.5) is 0 Å². The summed E-state index contributed by atoms with van der Waals surface area (Å²) in [5.41, 5.74) is 41.6. The third-order valence-electron chi connectivity index (χ3n) is 24.7. The van der Waals surface area contributed by atoms with Crippen molar-refractivity contribution >= 4 is 99.0 Å². The first kappa shape index (κ1) is 87.6. The number of nitrogens with zero attached hydrogens (tertiary/aromatic N) is 8. The number of aldehydes is 1. The maximum atomic E-state index is 12.2. The van der Waals surface area contributed by atoms with Crippen molar-refractivity contribution in [2.45, 2.75) is 199 Å². The molecule has 9 nitrogen and oxygen atoms in total. The van der Waals surface area contributed by atoms with Crippen molar-refractivity contribution in [3.63, 3.8) is 0 Å². The molecule has 6 aromatic heterocycles. The van der Waals surface area contributed by atoms with Crippen molar-refractivity contribution in [1.29, 1.82) is 0 Å². The summed E-state index contributed by atoms with van der Waals surface area (Å²) in [6.45, 7) is 54.5. The zero-order chi connectivity index (χ0) is 86.5. The summed E-state index contributed by atoms with van der Waals surface area (Å²) in [7, 11) is 0. The van der Waals surface area contributed by atoms with Gasteiger partial charge in [-0.3, -0.25) is 4.79 Å². The number of rotatable bonds is 9. The maximum absolute atomic E-state index is 12.2. The van der Waals surface area contributed by atoms with Gasteiger partial charge in [0.1, 0.15) is 6.29 Å². The van der Waals surface area contributed by atoms with Crippen molar-refractivity contribution in [2.75, 3.05) is 0 Å². The molecular formula is C113H110N8OZn2. The molecule has 0 spiro atoms. The predicted molar refractivity (Wildman–Crippen MR) is 517 cm³/mol. The summed E-state index contributed by atoms with van der Waals surface area (Å²) >= 11 is 0. The second kappa shape index (κ2) is 32.3. The van der Waals surface area contributed by atoms with E-state index in [4.69, 9.17) is 39.9 Å². The zero-order valence-electron chi connectivity index (χ0n) is 76.8. The van der Waals surface area contributed by atoms with E-state index in [0.717, 1.165) is 207 Å². The Morgan fingerprint density at radius 3 is 0.589 bits per heavy atom. The molecule has 13 aromatic rings. The molecule has 7 aromatic carbocycles. The van der Waals surface area contributed by atoms with Crippen molar-refractivity contribution in [3.05, 3.63) is 294 Å². The fourth-order valence-electron chi connectivity index (χ4n) is 18.1. The number of fused-ring (bicyclic) bond motifs is 16. The zero-order valence-corrected chi connectivity index (χ0v) is 82.8. The van der Waals surface area contributed by atoms with Crippen molar-refractivity contribution in [1.82, 2.24) is 39.9 Å². The van der Waals surface area contributed by atoms with Gasteiger partial charge in [-0.2, -0.15) is 0 Å². The first-order valence-electron chi connectivity index (χ1n) is 43.0. The molecule has 0 amide bonds. The normalized spacial score (nSPS) is 12.9. The van der Waals surface area contributed by atoms with Crippen LogP contribution >= 0.6 is 0 Å². The van der Waals surface area contributed by atoms with Gasteiger partial charge < -0.3 is 19.9 Å². The Labute approximate surface area is 758 Å². The van der Waals surface area contributed by atoms with Crippen LogP contribution in [0.3, 0.4) is 0 Å². The van der Waals surface area contributed by atoms with Crippen LogP contribution in [0.5, 0.6) is 0 Å². The molecule has 11 heteroatoms. The van der Waals surface area contributed by atoms with Crippen molar-refractivity contribution < 1.29 is 43.8 Å². The van der Waals surface area contributed by atoms with Crippen LogP contribution in [-0.2, 0) is 71.4 Å². The largest absolute Gasteiger partial charge is 2.00 e. The van der Waals surface area contributed by atoms with Gasteiger partial charge in [0.2, 0.25) is 0 Å². The van der Waals surface area contributed by atoms with E-state index in [2.05, 4.69) is 366 Å². The Bertz CT molecular complexity index is 6780. The van der Waals surface area contributed by atoms with E-state index in [-0.39, 0.29) is 71.4 Å². The van der Waals surface area contributed by atoms with Crippen molar-refractivity contribution in [3.8, 4) is 89.0 Å². The van der Waals surface area contributed by atoms with Gasteiger partial charge in [0.15, 0.2) is 0 Å². The Kier molecular flexibility index (Phi) is 22.8. The minimum atomic E-state index is -0.189. The van der Waals surface area contributed by atoms with Crippen LogP contribution in [0.15, 0.2) is 176 Å². The SMILES string of the molecule is Cc1cc(C)c(-c2c3nc(c(-c4ccc(-c5c6nc(c(-c7cc(C(C)(C)C)cc(C(C)(C)C)c7)c7ccc([n-]7)c(-c7cc(C(C)(C)C)cc(C(C)(C)C)c7)c7nc(c(-c8cc(C(C)(C)C)cc(C(C)(C)C)c8)c8ccc5[n-]8)C=C7)C=C6)cc4)c4ccc([n-]4)c(-c4c(C)cc(C)cc4C)c4nc(c(-c5ccc(C=O)cc5)c5ccc2[n-]5)C=C4)C=C3)c(C)c1.[Zn+2].[Zn+2]. The maximum Gasteiger partial charge on any atom is 2.00 e. The number of carbonyl (C=O) groups excluding carboxylic acids is 1. The van der Waals surface area contributed by atoms with E-state index in [1.54, 1.807) is 0 Å². The fourth-order valence-corrected chi connectivity index (χ4v) is 18.1. The Hall–Kier alpha value is -11.3. The molecule has 0 N–H and O–H groups in total. The van der Waals surface area contributed by atoms with Gasteiger partial charge in [0.05, 0.1) is 45.6 Å². The van der Waals surface area contributed by atoms with Crippen LogP contribution in [-0.4, -0.2) is 26.2 Å². The number of hydrogen-bond acceptors (Lipinski definition) is 5. The quantitative estimate of drug-likeness (QED) is 0.103. The molecule has 4 aliphatic heterocycles. The molecule has 0 saturated heterocycles. The smallest absolute Gasteiger partial charge is 0.657 e. The fraction of sp³-hybridized carbons (Fsp3) is 0.265. The van der Waals surface area contributed by atoms with Gasteiger partial charge in [-0.1, -0.05) is 312 Å². The number of hydrogen-bond donors (Lipinski definition) is 0. The summed E-state index contributed by atoms with van der Waals surface area (Å²) in [5, 5.41) is 0. The van der Waals surface area contributed by atoms with E-state index >= 15 is 0 Å². The molecule has 0 atom stereocenters. The molecule has 16 bridgehead atoms. The molecule has 612 valence electrons. The number of benzene rings is 7. The molecule has 4 aliphatic rings. The van der Waals surface area contributed by atoms with Gasteiger partial charge in [0.25, 0.3) is 0 Å². The molecule has 0 unspecified atom stereocenters. The molecule has 0 radical (unpaired) electrons. The molecule has 0 aliphatic carbocycles. The average Bonchev–Trinajstić information content (AvgIpc) is 1.59. The molecule has 0 fully saturated rings. The third-order valence-corrected chi connectivity index (χ3v) is 24.7. The van der Waals surface area contributed by atoms with Gasteiger partial charge in [-0.25, -0.2) is 19.9 Å². The first-order valence-corrected chi connectivity index (χ1v) is 43.0. The third kappa shape index (κ3) is 16.7. The first-order chi connectivity index (χ1) is 57.6. The summed E-state index contributed by atoms with van der Waals surface area (Å²) < 4.78 is 0. The molecular weight excluding hydrogens is 1620 g/mol. The predicted octanol–water partition coefficient (Wildman–Crippen LogP) is 28.9. The van der Waals surface area contributed by atoms with Crippen LogP contribution in [0, 0.1) is 41.5 Å². The molecule has 17 rings (SSSR count). The van der Waals surface area contributed by atoms with Crippen LogP contribution in [0.1, 0.15) is 247 Å². The minimum absolute atomic E-state index is 0. The average molecular weight is 1730 g/mol. The number of carbonyl (C=O) groups is 1. The van der Waals surface area contributed by atoms with E-state index < -0.39 is 0 Å². The van der Waals surface area contributed by atoms with Crippen LogP contribution < -0.4 is 19.9 Å². The summed E-state index contributed by atoms with van der Waals surface area (Å²) in [6, 6.07) is 64.4. The van der Waals surface area contributed by atoms with E-state index in [1.807, 2.05) is 24.3 Å². The number of aromatic nitrogens is 8. The van der Waals surface area contributed by atoms with Crippen LogP contribution in [0.2, 0.25) is 0 Å². The van der Waals surface area contributed by atoms with Crippen molar-refractivity contribution in [2.24, 2.45) is 0 Å². The Morgan fingerprint density at radius 2 is 0.395 bits per heavy atom. The van der Waals surface area contributed by atoms with E-state index in [0.29, 0.717) is 5.56 Å². The molecule has 10 heterocycles.